The molecule has 1 N–H and O–H groups in total. The molecule has 1 saturated carbocycles. The van der Waals surface area contributed by atoms with E-state index in [1.54, 1.807) is 0 Å². The number of likely N-dealkylation sites (N-methyl/N-ethyl adjacent to an activating group) is 1. The summed E-state index contributed by atoms with van der Waals surface area (Å²) in [6, 6.07) is -0.0593. The van der Waals surface area contributed by atoms with Crippen molar-refractivity contribution in [3.8, 4) is 0 Å². The van der Waals surface area contributed by atoms with Gasteiger partial charge in [0, 0.05) is 51.7 Å². The number of hydrogen-bond donors (Lipinski definition) is 1. The van der Waals surface area contributed by atoms with Gasteiger partial charge in [-0.1, -0.05) is 160 Å². The second kappa shape index (κ2) is 32.7. The minimum Gasteiger partial charge on any atom is -0.352 e. The van der Waals surface area contributed by atoms with E-state index < -0.39 is 0 Å². The Bertz CT molecular complexity index is 906. The summed E-state index contributed by atoms with van der Waals surface area (Å²) in [4.78, 5) is 35.0. The summed E-state index contributed by atoms with van der Waals surface area (Å²) in [6.45, 7) is 10.3. The molecular weight excluding hydrogens is 641 g/mol. The van der Waals surface area contributed by atoms with Crippen molar-refractivity contribution in [3.05, 3.63) is 24.3 Å². The smallest absolute Gasteiger partial charge is 0.243 e. The molecule has 0 bridgehead atoms. The molecule has 6 heteroatoms. The van der Waals surface area contributed by atoms with Crippen molar-refractivity contribution >= 4 is 11.8 Å². The third kappa shape index (κ3) is 23.9. The van der Waals surface area contributed by atoms with E-state index in [0.29, 0.717) is 13.0 Å². The van der Waals surface area contributed by atoms with Gasteiger partial charge in [-0.15, -0.1) is 0 Å². The van der Waals surface area contributed by atoms with Crippen LogP contribution in [0.2, 0.25) is 0 Å². The number of allylic oxidation sites excluding steroid dienone is 4. The van der Waals surface area contributed by atoms with Crippen molar-refractivity contribution in [1.29, 1.82) is 0 Å². The molecule has 2 fully saturated rings. The highest BCUT2D eigenvalue weighted by Gasteiger charge is 2.31. The first-order valence-corrected chi connectivity index (χ1v) is 22.9. The van der Waals surface area contributed by atoms with Gasteiger partial charge < -0.3 is 15.1 Å². The van der Waals surface area contributed by atoms with Crippen molar-refractivity contribution in [3.63, 3.8) is 0 Å². The Labute approximate surface area is 323 Å². The van der Waals surface area contributed by atoms with E-state index in [4.69, 9.17) is 0 Å². The minimum absolute atomic E-state index is 0.116. The highest BCUT2D eigenvalue weighted by Crippen LogP contribution is 2.21. The lowest BCUT2D eigenvalue weighted by molar-refractivity contribution is -0.141. The van der Waals surface area contributed by atoms with E-state index in [-0.39, 0.29) is 23.9 Å². The number of unbranched alkanes of at least 4 members (excludes halogenated alkanes) is 18. The van der Waals surface area contributed by atoms with E-state index >= 15 is 0 Å². The predicted octanol–water partition coefficient (Wildman–Crippen LogP) is 11.4. The maximum Gasteiger partial charge on any atom is 0.243 e. The van der Waals surface area contributed by atoms with Gasteiger partial charge in [0.05, 0.1) is 0 Å². The summed E-state index contributed by atoms with van der Waals surface area (Å²) in [5.74, 6) is 0.317. The first kappa shape index (κ1) is 46.5. The highest BCUT2D eigenvalue weighted by atomic mass is 16.2. The number of amides is 2. The summed E-state index contributed by atoms with van der Waals surface area (Å²) in [5.41, 5.74) is 0. The fourth-order valence-corrected chi connectivity index (χ4v) is 7.98. The Hall–Kier alpha value is -1.66. The highest BCUT2D eigenvalue weighted by molar-refractivity contribution is 5.87. The molecular formula is C46H86N4O2. The molecule has 1 unspecified atom stereocenters. The van der Waals surface area contributed by atoms with Gasteiger partial charge >= 0.3 is 0 Å². The third-order valence-electron chi connectivity index (χ3n) is 11.6. The molecule has 0 spiro atoms. The zero-order chi connectivity index (χ0) is 37.3. The molecule has 52 heavy (non-hydrogen) atoms. The maximum atomic E-state index is 14.0. The van der Waals surface area contributed by atoms with Crippen molar-refractivity contribution in [2.75, 3.05) is 46.3 Å². The fraction of sp³-hybridized carbons (Fsp3) is 0.870. The van der Waals surface area contributed by atoms with Crippen LogP contribution in [-0.2, 0) is 9.59 Å². The molecule has 1 heterocycles. The van der Waals surface area contributed by atoms with Gasteiger partial charge in [-0.3, -0.25) is 14.5 Å². The molecule has 1 atom stereocenters. The van der Waals surface area contributed by atoms with Gasteiger partial charge in [0.2, 0.25) is 11.8 Å². The molecule has 2 aliphatic rings. The second-order valence-corrected chi connectivity index (χ2v) is 16.4. The van der Waals surface area contributed by atoms with E-state index in [1.165, 1.54) is 122 Å². The molecule has 0 aromatic rings. The lowest BCUT2D eigenvalue weighted by Crippen LogP contribution is -2.54. The minimum atomic E-state index is -0.335. The van der Waals surface area contributed by atoms with Crippen LogP contribution in [-0.4, -0.2) is 84.9 Å². The Balaban J connectivity index is 1.86. The molecule has 2 amide bonds. The Morgan fingerprint density at radius 2 is 1.17 bits per heavy atom. The summed E-state index contributed by atoms with van der Waals surface area (Å²) in [7, 11) is 2.19. The van der Waals surface area contributed by atoms with Crippen LogP contribution in [0.25, 0.3) is 0 Å². The summed E-state index contributed by atoms with van der Waals surface area (Å²) in [6.07, 6.45) is 43.8. The molecule has 0 radical (unpaired) electrons. The topological polar surface area (TPSA) is 55.9 Å². The molecule has 0 aromatic heterocycles. The van der Waals surface area contributed by atoms with Gasteiger partial charge in [-0.05, 0) is 64.8 Å². The zero-order valence-electron chi connectivity index (χ0n) is 34.9. The number of nitrogens with one attached hydrogen (secondary N) is 1. The quantitative estimate of drug-likeness (QED) is 0.0554. The number of nitrogens with zero attached hydrogens (tertiary/aromatic N) is 3. The first-order chi connectivity index (χ1) is 25.5. The largest absolute Gasteiger partial charge is 0.352 e. The predicted molar refractivity (Wildman–Crippen MR) is 225 cm³/mol. The van der Waals surface area contributed by atoms with Crippen LogP contribution in [0.1, 0.15) is 200 Å². The molecule has 1 aliphatic carbocycles. The number of carbonyl (C=O) groups is 2. The van der Waals surface area contributed by atoms with Gasteiger partial charge in [0.25, 0.3) is 0 Å². The molecule has 302 valence electrons. The molecule has 6 nitrogen and oxygen atoms in total. The Morgan fingerprint density at radius 1 is 0.654 bits per heavy atom. The summed E-state index contributed by atoms with van der Waals surface area (Å²) in [5, 5.41) is 3.45. The van der Waals surface area contributed by atoms with Crippen LogP contribution in [0.15, 0.2) is 24.3 Å². The van der Waals surface area contributed by atoms with Gasteiger partial charge in [0.15, 0.2) is 0 Å². The number of hydrogen-bond acceptors (Lipinski definition) is 4. The van der Waals surface area contributed by atoms with Crippen molar-refractivity contribution in [2.24, 2.45) is 0 Å². The van der Waals surface area contributed by atoms with Crippen molar-refractivity contribution < 1.29 is 9.59 Å². The Kier molecular flexibility index (Phi) is 29.3. The van der Waals surface area contributed by atoms with Gasteiger partial charge in [-0.2, -0.15) is 0 Å². The second-order valence-electron chi connectivity index (χ2n) is 16.4. The summed E-state index contributed by atoms with van der Waals surface area (Å²) >= 11 is 0. The molecule has 1 saturated heterocycles. The van der Waals surface area contributed by atoms with E-state index in [9.17, 15) is 9.59 Å². The summed E-state index contributed by atoms with van der Waals surface area (Å²) < 4.78 is 0. The fourth-order valence-electron chi connectivity index (χ4n) is 7.98. The van der Waals surface area contributed by atoms with E-state index in [1.807, 2.05) is 4.90 Å². The number of piperazine rings is 1. The molecule has 1 aliphatic heterocycles. The average Bonchev–Trinajstić information content (AvgIpc) is 3.15. The average molecular weight is 727 g/mol. The lowest BCUT2D eigenvalue weighted by atomic mass is 9.94. The Morgan fingerprint density at radius 3 is 1.79 bits per heavy atom. The first-order valence-electron chi connectivity index (χ1n) is 22.9. The molecule has 2 rings (SSSR count). The third-order valence-corrected chi connectivity index (χ3v) is 11.6. The maximum absolute atomic E-state index is 14.0. The van der Waals surface area contributed by atoms with Gasteiger partial charge in [-0.25, -0.2) is 0 Å². The van der Waals surface area contributed by atoms with E-state index in [0.717, 1.165) is 90.5 Å². The monoisotopic (exact) mass is 727 g/mol. The zero-order valence-corrected chi connectivity index (χ0v) is 34.9. The van der Waals surface area contributed by atoms with Gasteiger partial charge in [0.1, 0.15) is 6.04 Å². The lowest BCUT2D eigenvalue weighted by Gasteiger charge is -2.37. The SMILES string of the molecule is CCCCC/C=C\C/C=C\CCCCCCCC(=O)N(CCN1CCN(C)CC1)C(CCCCCCCCCCCCC)C(=O)NC1CCCCC1. The van der Waals surface area contributed by atoms with Crippen LogP contribution >= 0.6 is 0 Å². The number of rotatable bonds is 32. The normalized spacial score (nSPS) is 17.0. The number of carbonyl (C=O) groups excluding carboxylic acids is 2. The van der Waals surface area contributed by atoms with Crippen LogP contribution < -0.4 is 5.32 Å². The molecule has 0 aromatic carbocycles. The van der Waals surface area contributed by atoms with Crippen LogP contribution in [0.5, 0.6) is 0 Å². The van der Waals surface area contributed by atoms with Crippen LogP contribution in [0.3, 0.4) is 0 Å². The van der Waals surface area contributed by atoms with E-state index in [2.05, 4.69) is 60.3 Å². The van der Waals surface area contributed by atoms with Crippen LogP contribution in [0.4, 0.5) is 0 Å². The van der Waals surface area contributed by atoms with Crippen molar-refractivity contribution in [2.45, 2.75) is 212 Å². The van der Waals surface area contributed by atoms with Crippen LogP contribution in [0, 0.1) is 0 Å². The van der Waals surface area contributed by atoms with Crippen molar-refractivity contribution in [1.82, 2.24) is 20.0 Å². The standard InChI is InChI=1S/C46H86N4O2/c1-4-6-8-10-12-14-16-17-18-19-21-23-25-27-32-36-45(51)50(42-41-49-39-37-48(3)38-40-49)44(46(52)47-43-33-29-28-30-34-43)35-31-26-24-22-20-15-13-11-9-7-5-2/h12,14,17-18,43-44H,4-11,13,15-16,19-42H2,1-3H3,(H,47,52)/b14-12-,18-17-.